The number of carbonyl (C=O) groups excluding carboxylic acids is 2. The maximum Gasteiger partial charge on any atom is 0.268 e. The van der Waals surface area contributed by atoms with Gasteiger partial charge < -0.3 is 10.2 Å². The summed E-state index contributed by atoms with van der Waals surface area (Å²) in [7, 11) is 0. The number of aromatic nitrogens is 2. The molecule has 0 radical (unpaired) electrons. The smallest absolute Gasteiger partial charge is 0.268 e. The maximum atomic E-state index is 13.6. The van der Waals surface area contributed by atoms with E-state index in [0.29, 0.717) is 16.5 Å². The Morgan fingerprint density at radius 2 is 2.03 bits per heavy atom. The van der Waals surface area contributed by atoms with E-state index in [2.05, 4.69) is 15.3 Å². The molecule has 0 spiro atoms. The average molecular weight is 447 g/mol. The standard InChI is InChI=1S/C24H19F2N5O2/c25-24(26)11-18(12-27)31(15-24)22(32)14-30-23(33)19-7-9-29-21-6-5-16(10-20(19)21)3-4-17-2-1-8-28-13-17/h1-10,13,18H,11,14-15H2,(H,30,33)/b4-3+. The van der Waals surface area contributed by atoms with Crippen molar-refractivity contribution in [1.29, 1.82) is 5.26 Å². The van der Waals surface area contributed by atoms with Crippen molar-refractivity contribution in [2.75, 3.05) is 13.1 Å². The summed E-state index contributed by atoms with van der Waals surface area (Å²) in [6.07, 6.45) is 7.96. The van der Waals surface area contributed by atoms with Gasteiger partial charge in [0, 0.05) is 30.4 Å². The van der Waals surface area contributed by atoms with Crippen LogP contribution in [0.3, 0.4) is 0 Å². The first kappa shape index (κ1) is 22.0. The highest BCUT2D eigenvalue weighted by Gasteiger charge is 2.47. The molecule has 1 N–H and O–H groups in total. The van der Waals surface area contributed by atoms with Gasteiger partial charge >= 0.3 is 0 Å². The van der Waals surface area contributed by atoms with Crippen molar-refractivity contribution in [3.05, 3.63) is 71.7 Å². The summed E-state index contributed by atoms with van der Waals surface area (Å²) in [5, 5.41) is 12.1. The van der Waals surface area contributed by atoms with E-state index in [0.717, 1.165) is 16.0 Å². The molecular weight excluding hydrogens is 428 g/mol. The molecule has 3 aromatic rings. The molecule has 4 rings (SSSR count). The van der Waals surface area contributed by atoms with Gasteiger partial charge in [-0.25, -0.2) is 8.78 Å². The highest BCUT2D eigenvalue weighted by molar-refractivity contribution is 6.07. The van der Waals surface area contributed by atoms with Crippen LogP contribution in [0.15, 0.2) is 55.0 Å². The van der Waals surface area contributed by atoms with Gasteiger partial charge in [-0.2, -0.15) is 5.26 Å². The lowest BCUT2D eigenvalue weighted by Crippen LogP contribution is -2.43. The predicted octanol–water partition coefficient (Wildman–Crippen LogP) is 3.29. The molecule has 0 saturated carbocycles. The largest absolute Gasteiger partial charge is 0.343 e. The minimum atomic E-state index is -3.11. The van der Waals surface area contributed by atoms with Crippen molar-refractivity contribution in [1.82, 2.24) is 20.2 Å². The Kier molecular flexibility index (Phi) is 6.09. The highest BCUT2D eigenvalue weighted by Crippen LogP contribution is 2.31. The van der Waals surface area contributed by atoms with Crippen LogP contribution in [0.1, 0.15) is 27.9 Å². The molecule has 9 heteroatoms. The Balaban J connectivity index is 1.50. The number of carbonyl (C=O) groups is 2. The summed E-state index contributed by atoms with van der Waals surface area (Å²) in [5.41, 5.74) is 2.65. The molecule has 1 aliphatic heterocycles. The fraction of sp³-hybridized carbons (Fsp3) is 0.208. The third kappa shape index (κ3) is 5.01. The van der Waals surface area contributed by atoms with Gasteiger partial charge in [0.25, 0.3) is 11.8 Å². The molecule has 1 atom stereocenters. The second kappa shape index (κ2) is 9.12. The van der Waals surface area contributed by atoms with E-state index in [4.69, 9.17) is 5.26 Å². The summed E-state index contributed by atoms with van der Waals surface area (Å²) >= 11 is 0. The van der Waals surface area contributed by atoms with Gasteiger partial charge in [0.2, 0.25) is 5.91 Å². The fourth-order valence-corrected chi connectivity index (χ4v) is 3.68. The van der Waals surface area contributed by atoms with E-state index in [1.54, 1.807) is 30.6 Å². The summed E-state index contributed by atoms with van der Waals surface area (Å²) in [5.74, 6) is -4.38. The normalized spacial score (nSPS) is 17.2. The maximum absolute atomic E-state index is 13.6. The van der Waals surface area contributed by atoms with Crippen molar-refractivity contribution in [3.63, 3.8) is 0 Å². The number of halogens is 2. The van der Waals surface area contributed by atoms with Crippen molar-refractivity contribution in [2.24, 2.45) is 0 Å². The number of alkyl halides is 2. The summed E-state index contributed by atoms with van der Waals surface area (Å²) in [6, 6.07) is 11.2. The molecule has 2 amide bonds. The van der Waals surface area contributed by atoms with Crippen molar-refractivity contribution < 1.29 is 18.4 Å². The van der Waals surface area contributed by atoms with Crippen molar-refractivity contribution >= 4 is 34.9 Å². The molecule has 3 heterocycles. The van der Waals surface area contributed by atoms with Gasteiger partial charge in [0.15, 0.2) is 0 Å². The Morgan fingerprint density at radius 1 is 1.21 bits per heavy atom. The lowest BCUT2D eigenvalue weighted by atomic mass is 10.0. The van der Waals surface area contributed by atoms with Crippen LogP contribution in [0, 0.1) is 11.3 Å². The zero-order chi connectivity index (χ0) is 23.4. The van der Waals surface area contributed by atoms with Gasteiger partial charge in [-0.05, 0) is 35.4 Å². The fourth-order valence-electron chi connectivity index (χ4n) is 3.68. The lowest BCUT2D eigenvalue weighted by molar-refractivity contribution is -0.131. The zero-order valence-electron chi connectivity index (χ0n) is 17.4. The molecule has 1 aromatic carbocycles. The van der Waals surface area contributed by atoms with Gasteiger partial charge in [0.1, 0.15) is 6.04 Å². The van der Waals surface area contributed by atoms with Crippen LogP contribution < -0.4 is 5.32 Å². The third-order valence-corrected chi connectivity index (χ3v) is 5.30. The first-order valence-corrected chi connectivity index (χ1v) is 10.2. The second-order valence-corrected chi connectivity index (χ2v) is 7.66. The zero-order valence-corrected chi connectivity index (χ0v) is 17.4. The first-order chi connectivity index (χ1) is 15.9. The minimum Gasteiger partial charge on any atom is -0.343 e. The molecule has 1 unspecified atom stereocenters. The number of nitrogens with zero attached hydrogens (tertiary/aromatic N) is 4. The van der Waals surface area contributed by atoms with E-state index >= 15 is 0 Å². The van der Waals surface area contributed by atoms with E-state index in [1.807, 2.05) is 30.4 Å². The Morgan fingerprint density at radius 3 is 2.79 bits per heavy atom. The quantitative estimate of drug-likeness (QED) is 0.647. The number of rotatable bonds is 5. The molecule has 1 saturated heterocycles. The van der Waals surface area contributed by atoms with E-state index in [1.165, 1.54) is 12.3 Å². The third-order valence-electron chi connectivity index (χ3n) is 5.30. The van der Waals surface area contributed by atoms with Crippen LogP contribution in [0.5, 0.6) is 0 Å². The Hall–Kier alpha value is -4.19. The van der Waals surface area contributed by atoms with E-state index in [-0.39, 0.29) is 0 Å². The summed E-state index contributed by atoms with van der Waals surface area (Å²) in [4.78, 5) is 34.3. The van der Waals surface area contributed by atoms with Gasteiger partial charge in [-0.1, -0.05) is 24.3 Å². The van der Waals surface area contributed by atoms with Crippen LogP contribution >= 0.6 is 0 Å². The first-order valence-electron chi connectivity index (χ1n) is 10.2. The minimum absolute atomic E-state index is 0.299. The highest BCUT2D eigenvalue weighted by atomic mass is 19.3. The number of benzene rings is 1. The number of pyridine rings is 2. The van der Waals surface area contributed by atoms with Crippen molar-refractivity contribution in [3.8, 4) is 6.07 Å². The van der Waals surface area contributed by atoms with Gasteiger partial charge in [-0.3, -0.25) is 19.6 Å². The number of amides is 2. The van der Waals surface area contributed by atoms with Gasteiger partial charge in [0.05, 0.1) is 30.2 Å². The number of likely N-dealkylation sites (tertiary alicyclic amines) is 1. The predicted molar refractivity (Wildman–Crippen MR) is 118 cm³/mol. The van der Waals surface area contributed by atoms with Gasteiger partial charge in [-0.15, -0.1) is 0 Å². The molecule has 0 aliphatic carbocycles. The summed E-state index contributed by atoms with van der Waals surface area (Å²) < 4.78 is 27.2. The topological polar surface area (TPSA) is 99.0 Å². The van der Waals surface area contributed by atoms with Crippen LogP contribution in [0.4, 0.5) is 8.78 Å². The molecule has 33 heavy (non-hydrogen) atoms. The van der Waals surface area contributed by atoms with Crippen molar-refractivity contribution in [2.45, 2.75) is 18.4 Å². The molecule has 1 aliphatic rings. The van der Waals surface area contributed by atoms with E-state index in [9.17, 15) is 18.4 Å². The number of fused-ring (bicyclic) bond motifs is 1. The van der Waals surface area contributed by atoms with Crippen LogP contribution in [0.2, 0.25) is 0 Å². The second-order valence-electron chi connectivity index (χ2n) is 7.66. The van der Waals surface area contributed by atoms with Crippen LogP contribution in [0.25, 0.3) is 23.1 Å². The molecule has 0 bridgehead atoms. The number of hydrogen-bond donors (Lipinski definition) is 1. The monoisotopic (exact) mass is 447 g/mol. The van der Waals surface area contributed by atoms with Crippen LogP contribution in [-0.4, -0.2) is 51.7 Å². The molecule has 2 aromatic heterocycles. The molecule has 1 fully saturated rings. The Labute approximate surface area is 188 Å². The molecule has 7 nitrogen and oxygen atoms in total. The van der Waals surface area contributed by atoms with E-state index < -0.39 is 43.3 Å². The number of nitriles is 1. The lowest BCUT2D eigenvalue weighted by Gasteiger charge is -2.19. The molecule has 166 valence electrons. The number of hydrogen-bond acceptors (Lipinski definition) is 5. The number of nitrogens with one attached hydrogen (secondary N) is 1. The van der Waals surface area contributed by atoms with Crippen LogP contribution in [-0.2, 0) is 4.79 Å². The Bertz CT molecular complexity index is 1270. The molecular formula is C24H19F2N5O2. The summed E-state index contributed by atoms with van der Waals surface area (Å²) in [6.45, 7) is -1.32. The average Bonchev–Trinajstić information content (AvgIpc) is 3.15. The SMILES string of the molecule is N#CC1CC(F)(F)CN1C(=O)CNC(=O)c1ccnc2ccc(/C=C/c3cccnc3)cc12.